The normalized spacial score (nSPS) is 10.8. The number of amides is 1. The summed E-state index contributed by atoms with van der Waals surface area (Å²) in [4.78, 5) is 16.8. The van der Waals surface area contributed by atoms with Gasteiger partial charge in [-0.15, -0.1) is 10.2 Å². The molecular formula is C20H17ClN6OS. The minimum atomic E-state index is -0.151. The number of hydrogen-bond donors (Lipinski definition) is 1. The van der Waals surface area contributed by atoms with Gasteiger partial charge in [-0.2, -0.15) is 0 Å². The van der Waals surface area contributed by atoms with Crippen molar-refractivity contribution in [2.24, 2.45) is 0 Å². The molecule has 1 amide bonds. The summed E-state index contributed by atoms with van der Waals surface area (Å²) >= 11 is 7.32. The van der Waals surface area contributed by atoms with Crippen molar-refractivity contribution in [2.75, 3.05) is 11.1 Å². The number of nitrogens with one attached hydrogen (secondary N) is 1. The molecule has 146 valence electrons. The predicted molar refractivity (Wildman–Crippen MR) is 114 cm³/mol. The first-order valence-electron chi connectivity index (χ1n) is 8.81. The van der Waals surface area contributed by atoms with Crippen LogP contribution in [0.3, 0.4) is 0 Å². The summed E-state index contributed by atoms with van der Waals surface area (Å²) in [5.41, 5.74) is 2.34. The summed E-state index contributed by atoms with van der Waals surface area (Å²) in [6.07, 6.45) is 5.47. The smallest absolute Gasteiger partial charge is 0.234 e. The van der Waals surface area contributed by atoms with Gasteiger partial charge in [-0.05, 0) is 48.9 Å². The monoisotopic (exact) mass is 424 g/mol. The molecule has 0 atom stereocenters. The van der Waals surface area contributed by atoms with Crippen LogP contribution in [0.2, 0.25) is 5.02 Å². The van der Waals surface area contributed by atoms with E-state index in [2.05, 4.69) is 20.5 Å². The highest BCUT2D eigenvalue weighted by Gasteiger charge is 2.18. The van der Waals surface area contributed by atoms with E-state index in [1.807, 2.05) is 65.1 Å². The molecule has 29 heavy (non-hydrogen) atoms. The van der Waals surface area contributed by atoms with Gasteiger partial charge in [0.25, 0.3) is 0 Å². The number of carbonyl (C=O) groups is 1. The standard InChI is InChI=1S/C20H17ClN6OS/c1-14-7-8-15(21)12-17(14)23-18(28)13-29-20-25-24-19(16-6-2-3-9-22-16)27(20)26-10-4-5-11-26/h2-12H,13H2,1H3,(H,23,28). The number of aromatic nitrogens is 5. The molecule has 0 saturated heterocycles. The highest BCUT2D eigenvalue weighted by molar-refractivity contribution is 7.99. The second-order valence-corrected chi connectivity index (χ2v) is 7.57. The fourth-order valence-electron chi connectivity index (χ4n) is 2.72. The van der Waals surface area contributed by atoms with E-state index < -0.39 is 0 Å². The lowest BCUT2D eigenvalue weighted by atomic mass is 10.2. The summed E-state index contributed by atoms with van der Waals surface area (Å²) in [7, 11) is 0. The average molecular weight is 425 g/mol. The first-order chi connectivity index (χ1) is 14.1. The number of anilines is 1. The lowest BCUT2D eigenvalue weighted by molar-refractivity contribution is -0.113. The zero-order valence-corrected chi connectivity index (χ0v) is 17.1. The summed E-state index contributed by atoms with van der Waals surface area (Å²) in [6.45, 7) is 1.92. The molecule has 0 bridgehead atoms. The van der Waals surface area contributed by atoms with E-state index in [0.29, 0.717) is 27.4 Å². The number of rotatable bonds is 6. The molecule has 0 fully saturated rings. The molecule has 3 aromatic heterocycles. The third kappa shape index (κ3) is 4.33. The molecule has 0 aliphatic rings. The molecule has 1 N–H and O–H groups in total. The molecular weight excluding hydrogens is 408 g/mol. The SMILES string of the molecule is Cc1ccc(Cl)cc1NC(=O)CSc1nnc(-c2ccccn2)n1-n1cccc1. The van der Waals surface area contributed by atoms with E-state index in [1.165, 1.54) is 11.8 Å². The molecule has 4 rings (SSSR count). The molecule has 4 aromatic rings. The number of halogens is 1. The number of hydrogen-bond acceptors (Lipinski definition) is 5. The quantitative estimate of drug-likeness (QED) is 0.470. The number of carbonyl (C=O) groups excluding carboxylic acids is 1. The summed E-state index contributed by atoms with van der Waals surface area (Å²) < 4.78 is 3.68. The van der Waals surface area contributed by atoms with Gasteiger partial charge in [0.2, 0.25) is 16.9 Å². The van der Waals surface area contributed by atoms with Crippen molar-refractivity contribution in [3.63, 3.8) is 0 Å². The second-order valence-electron chi connectivity index (χ2n) is 6.19. The van der Waals surface area contributed by atoms with Crippen LogP contribution in [0.1, 0.15) is 5.56 Å². The van der Waals surface area contributed by atoms with Gasteiger partial charge >= 0.3 is 0 Å². The predicted octanol–water partition coefficient (Wildman–Crippen LogP) is 4.15. The molecule has 0 radical (unpaired) electrons. The van der Waals surface area contributed by atoms with Crippen LogP contribution >= 0.6 is 23.4 Å². The Balaban J connectivity index is 1.55. The first kappa shape index (κ1) is 19.2. The fourth-order valence-corrected chi connectivity index (χ4v) is 3.63. The molecule has 0 spiro atoms. The summed E-state index contributed by atoms with van der Waals surface area (Å²) in [5.74, 6) is 0.616. The van der Waals surface area contributed by atoms with E-state index in [-0.39, 0.29) is 11.7 Å². The van der Waals surface area contributed by atoms with E-state index >= 15 is 0 Å². The van der Waals surface area contributed by atoms with E-state index in [0.717, 1.165) is 5.56 Å². The van der Waals surface area contributed by atoms with Crippen LogP contribution in [0.25, 0.3) is 11.5 Å². The van der Waals surface area contributed by atoms with Crippen molar-refractivity contribution >= 4 is 35.0 Å². The highest BCUT2D eigenvalue weighted by Crippen LogP contribution is 2.24. The second kappa shape index (κ2) is 8.50. The first-order valence-corrected chi connectivity index (χ1v) is 10.2. The van der Waals surface area contributed by atoms with Gasteiger partial charge in [0.1, 0.15) is 5.69 Å². The van der Waals surface area contributed by atoms with Crippen molar-refractivity contribution < 1.29 is 4.79 Å². The van der Waals surface area contributed by atoms with Gasteiger partial charge in [0.15, 0.2) is 0 Å². The Morgan fingerprint density at radius 2 is 1.97 bits per heavy atom. The van der Waals surface area contributed by atoms with Crippen molar-refractivity contribution in [3.05, 3.63) is 77.7 Å². The van der Waals surface area contributed by atoms with Gasteiger partial charge < -0.3 is 5.32 Å². The molecule has 0 unspecified atom stereocenters. The van der Waals surface area contributed by atoms with Gasteiger partial charge in [0.05, 0.1) is 5.75 Å². The van der Waals surface area contributed by atoms with Crippen LogP contribution in [0.15, 0.2) is 72.3 Å². The van der Waals surface area contributed by atoms with E-state index in [4.69, 9.17) is 11.6 Å². The number of pyridine rings is 1. The van der Waals surface area contributed by atoms with Crippen molar-refractivity contribution in [1.82, 2.24) is 24.5 Å². The Hall–Kier alpha value is -3.10. The highest BCUT2D eigenvalue weighted by atomic mass is 35.5. The molecule has 0 saturated carbocycles. The van der Waals surface area contributed by atoms with Gasteiger partial charge in [-0.3, -0.25) is 14.5 Å². The number of thioether (sulfide) groups is 1. The third-order valence-electron chi connectivity index (χ3n) is 4.13. The molecule has 3 heterocycles. The Bertz CT molecular complexity index is 1130. The zero-order chi connectivity index (χ0) is 20.2. The maximum Gasteiger partial charge on any atom is 0.234 e. The minimum absolute atomic E-state index is 0.151. The van der Waals surface area contributed by atoms with Crippen LogP contribution in [0, 0.1) is 6.92 Å². The van der Waals surface area contributed by atoms with Gasteiger partial charge in [-0.25, -0.2) is 4.68 Å². The lowest BCUT2D eigenvalue weighted by Gasteiger charge is -2.11. The Labute approximate surface area is 176 Å². The van der Waals surface area contributed by atoms with E-state index in [9.17, 15) is 4.79 Å². The molecule has 0 aliphatic carbocycles. The van der Waals surface area contributed by atoms with Gasteiger partial charge in [-0.1, -0.05) is 35.5 Å². The van der Waals surface area contributed by atoms with Crippen molar-refractivity contribution in [2.45, 2.75) is 12.1 Å². The van der Waals surface area contributed by atoms with Crippen LogP contribution in [0.4, 0.5) is 5.69 Å². The minimum Gasteiger partial charge on any atom is -0.325 e. The fraction of sp³-hybridized carbons (Fsp3) is 0.100. The molecule has 0 aliphatic heterocycles. The lowest BCUT2D eigenvalue weighted by Crippen LogP contribution is -2.16. The van der Waals surface area contributed by atoms with E-state index in [1.54, 1.807) is 18.3 Å². The molecule has 7 nitrogen and oxygen atoms in total. The third-order valence-corrected chi connectivity index (χ3v) is 5.29. The Kier molecular flexibility index (Phi) is 5.64. The number of aryl methyl sites for hydroxylation is 1. The maximum atomic E-state index is 12.5. The average Bonchev–Trinajstić information content (AvgIpc) is 3.39. The zero-order valence-electron chi connectivity index (χ0n) is 15.5. The van der Waals surface area contributed by atoms with Crippen LogP contribution in [-0.2, 0) is 4.79 Å². The summed E-state index contributed by atoms with van der Waals surface area (Å²) in [5, 5.41) is 12.6. The largest absolute Gasteiger partial charge is 0.325 e. The number of nitrogens with zero attached hydrogens (tertiary/aromatic N) is 5. The molecule has 1 aromatic carbocycles. The Morgan fingerprint density at radius 1 is 1.14 bits per heavy atom. The Morgan fingerprint density at radius 3 is 2.72 bits per heavy atom. The van der Waals surface area contributed by atoms with Crippen LogP contribution < -0.4 is 5.32 Å². The van der Waals surface area contributed by atoms with Crippen LogP contribution in [-0.4, -0.2) is 36.2 Å². The van der Waals surface area contributed by atoms with Crippen molar-refractivity contribution in [3.8, 4) is 11.5 Å². The summed E-state index contributed by atoms with van der Waals surface area (Å²) in [6, 6.07) is 14.8. The van der Waals surface area contributed by atoms with Crippen LogP contribution in [0.5, 0.6) is 0 Å². The van der Waals surface area contributed by atoms with Gasteiger partial charge in [0, 0.05) is 29.3 Å². The van der Waals surface area contributed by atoms with Crippen molar-refractivity contribution in [1.29, 1.82) is 0 Å². The number of benzene rings is 1. The maximum absolute atomic E-state index is 12.5. The molecule has 9 heteroatoms. The topological polar surface area (TPSA) is 77.6 Å².